The van der Waals surface area contributed by atoms with E-state index in [0.29, 0.717) is 17.8 Å². The third-order valence-corrected chi connectivity index (χ3v) is 3.16. The molecule has 0 bridgehead atoms. The predicted molar refractivity (Wildman–Crippen MR) is 71.9 cm³/mol. The van der Waals surface area contributed by atoms with E-state index in [1.54, 1.807) is 12.1 Å². The number of rotatable bonds is 2. The molecule has 0 atom stereocenters. The Kier molecular flexibility index (Phi) is 2.52. The molecule has 0 spiro atoms. The first-order valence-corrected chi connectivity index (χ1v) is 5.82. The molecule has 90 valence electrons. The highest BCUT2D eigenvalue weighted by Gasteiger charge is 2.08. The Bertz CT molecular complexity index is 680. The summed E-state index contributed by atoms with van der Waals surface area (Å²) in [6, 6.07) is 14.8. The van der Waals surface area contributed by atoms with Gasteiger partial charge in [0.1, 0.15) is 5.82 Å². The number of fused-ring (bicyclic) bond motifs is 1. The summed E-state index contributed by atoms with van der Waals surface area (Å²) in [7, 11) is 0. The minimum Gasteiger partial charge on any atom is -0.398 e. The van der Waals surface area contributed by atoms with E-state index >= 15 is 0 Å². The number of nitrogens with two attached hydrogens (primary N) is 1. The molecule has 0 aliphatic heterocycles. The number of nitrogen functional groups attached to an aromatic ring is 1. The standard InChI is InChI=1S/C15H13FN2/c16-13-5-3-6-14(17)12(13)10-18-9-8-11-4-1-2-7-15(11)18/h1-9H,10,17H2. The summed E-state index contributed by atoms with van der Waals surface area (Å²) in [5.41, 5.74) is 7.95. The Morgan fingerprint density at radius 1 is 1.00 bits per heavy atom. The molecule has 0 saturated heterocycles. The van der Waals surface area contributed by atoms with Crippen molar-refractivity contribution < 1.29 is 4.39 Å². The van der Waals surface area contributed by atoms with Gasteiger partial charge in [0, 0.05) is 23.0 Å². The van der Waals surface area contributed by atoms with Gasteiger partial charge in [0.05, 0.1) is 6.54 Å². The maximum atomic E-state index is 13.7. The molecule has 0 aliphatic carbocycles. The van der Waals surface area contributed by atoms with Crippen molar-refractivity contribution in [2.75, 3.05) is 5.73 Å². The number of hydrogen-bond acceptors (Lipinski definition) is 1. The number of anilines is 1. The minimum atomic E-state index is -0.257. The second-order valence-electron chi connectivity index (χ2n) is 4.31. The van der Waals surface area contributed by atoms with Crippen LogP contribution < -0.4 is 5.73 Å². The number of aromatic nitrogens is 1. The second-order valence-corrected chi connectivity index (χ2v) is 4.31. The van der Waals surface area contributed by atoms with Gasteiger partial charge < -0.3 is 10.3 Å². The zero-order chi connectivity index (χ0) is 12.5. The predicted octanol–water partition coefficient (Wildman–Crippen LogP) is 3.41. The molecule has 2 nitrogen and oxygen atoms in total. The summed E-state index contributed by atoms with van der Waals surface area (Å²) >= 11 is 0. The van der Waals surface area contributed by atoms with Crippen LogP contribution in [0, 0.1) is 5.82 Å². The largest absolute Gasteiger partial charge is 0.398 e. The highest BCUT2D eigenvalue weighted by molar-refractivity contribution is 5.80. The third-order valence-electron chi connectivity index (χ3n) is 3.16. The summed E-state index contributed by atoms with van der Waals surface area (Å²) in [6.07, 6.45) is 1.95. The van der Waals surface area contributed by atoms with Crippen LogP contribution in [-0.2, 0) is 6.54 Å². The number of para-hydroxylation sites is 1. The highest BCUT2D eigenvalue weighted by Crippen LogP contribution is 2.21. The van der Waals surface area contributed by atoms with E-state index < -0.39 is 0 Å². The first kappa shape index (κ1) is 10.8. The van der Waals surface area contributed by atoms with Crippen LogP contribution in [0.5, 0.6) is 0 Å². The lowest BCUT2D eigenvalue weighted by molar-refractivity contribution is 0.603. The molecular formula is C15H13FN2. The summed E-state index contributed by atoms with van der Waals surface area (Å²) in [6.45, 7) is 0.450. The molecule has 0 unspecified atom stereocenters. The van der Waals surface area contributed by atoms with E-state index in [2.05, 4.69) is 0 Å². The molecule has 1 aromatic heterocycles. The van der Waals surface area contributed by atoms with E-state index in [0.717, 1.165) is 10.9 Å². The van der Waals surface area contributed by atoms with Gasteiger partial charge in [0.2, 0.25) is 0 Å². The van der Waals surface area contributed by atoms with Crippen LogP contribution in [-0.4, -0.2) is 4.57 Å². The van der Waals surface area contributed by atoms with E-state index in [1.165, 1.54) is 6.07 Å². The number of hydrogen-bond donors (Lipinski definition) is 1. The fourth-order valence-corrected chi connectivity index (χ4v) is 2.19. The molecule has 2 aromatic carbocycles. The topological polar surface area (TPSA) is 30.9 Å². The second kappa shape index (κ2) is 4.18. The van der Waals surface area contributed by atoms with Gasteiger partial charge in [-0.3, -0.25) is 0 Å². The smallest absolute Gasteiger partial charge is 0.130 e. The molecule has 0 radical (unpaired) electrons. The summed E-state index contributed by atoms with van der Waals surface area (Å²) in [4.78, 5) is 0. The van der Waals surface area contributed by atoms with E-state index in [4.69, 9.17) is 5.73 Å². The Morgan fingerprint density at radius 3 is 2.67 bits per heavy atom. The van der Waals surface area contributed by atoms with Gasteiger partial charge in [0.15, 0.2) is 0 Å². The first-order chi connectivity index (χ1) is 8.75. The lowest BCUT2D eigenvalue weighted by atomic mass is 10.1. The summed E-state index contributed by atoms with van der Waals surface area (Å²) in [5, 5.41) is 1.15. The highest BCUT2D eigenvalue weighted by atomic mass is 19.1. The van der Waals surface area contributed by atoms with Crippen LogP contribution in [0.3, 0.4) is 0 Å². The maximum absolute atomic E-state index is 13.7. The molecule has 3 rings (SSSR count). The molecule has 3 heteroatoms. The van der Waals surface area contributed by atoms with Crippen molar-refractivity contribution in [3.63, 3.8) is 0 Å². The average molecular weight is 240 g/mol. The van der Waals surface area contributed by atoms with Crippen LogP contribution in [0.2, 0.25) is 0 Å². The van der Waals surface area contributed by atoms with Crippen molar-refractivity contribution in [2.24, 2.45) is 0 Å². The van der Waals surface area contributed by atoms with Crippen molar-refractivity contribution in [1.82, 2.24) is 4.57 Å². The lowest BCUT2D eigenvalue weighted by Gasteiger charge is -2.09. The minimum absolute atomic E-state index is 0.257. The molecule has 18 heavy (non-hydrogen) atoms. The van der Waals surface area contributed by atoms with Crippen molar-refractivity contribution >= 4 is 16.6 Å². The zero-order valence-electron chi connectivity index (χ0n) is 9.81. The quantitative estimate of drug-likeness (QED) is 0.684. The molecule has 0 amide bonds. The van der Waals surface area contributed by atoms with E-state index in [1.807, 2.05) is 41.1 Å². The number of benzene rings is 2. The van der Waals surface area contributed by atoms with Crippen molar-refractivity contribution in [3.8, 4) is 0 Å². The summed E-state index contributed by atoms with van der Waals surface area (Å²) < 4.78 is 15.8. The third kappa shape index (κ3) is 1.74. The van der Waals surface area contributed by atoms with Gasteiger partial charge in [-0.1, -0.05) is 24.3 Å². The first-order valence-electron chi connectivity index (χ1n) is 5.82. The molecular weight excluding hydrogens is 227 g/mol. The van der Waals surface area contributed by atoms with Gasteiger partial charge >= 0.3 is 0 Å². The van der Waals surface area contributed by atoms with Crippen LogP contribution in [0.1, 0.15) is 5.56 Å². The molecule has 3 aromatic rings. The Balaban J connectivity index is 2.07. The Labute approximate surface area is 104 Å². The molecule has 0 fully saturated rings. The van der Waals surface area contributed by atoms with E-state index in [9.17, 15) is 4.39 Å². The fraction of sp³-hybridized carbons (Fsp3) is 0.0667. The average Bonchev–Trinajstić information content (AvgIpc) is 2.77. The Hall–Kier alpha value is -2.29. The summed E-state index contributed by atoms with van der Waals surface area (Å²) in [5.74, 6) is -0.257. The van der Waals surface area contributed by atoms with Crippen LogP contribution in [0.25, 0.3) is 10.9 Å². The molecule has 0 saturated carbocycles. The normalized spacial score (nSPS) is 10.9. The van der Waals surface area contributed by atoms with Crippen molar-refractivity contribution in [1.29, 1.82) is 0 Å². The monoisotopic (exact) mass is 240 g/mol. The maximum Gasteiger partial charge on any atom is 0.130 e. The number of nitrogens with zero attached hydrogens (tertiary/aromatic N) is 1. The van der Waals surface area contributed by atoms with E-state index in [-0.39, 0.29) is 5.82 Å². The van der Waals surface area contributed by atoms with Crippen molar-refractivity contribution in [2.45, 2.75) is 6.54 Å². The van der Waals surface area contributed by atoms with Gasteiger partial charge in [-0.25, -0.2) is 4.39 Å². The molecule has 0 aliphatic rings. The molecule has 1 heterocycles. The van der Waals surface area contributed by atoms with Crippen molar-refractivity contribution in [3.05, 3.63) is 66.1 Å². The lowest BCUT2D eigenvalue weighted by Crippen LogP contribution is -2.04. The van der Waals surface area contributed by atoms with Crippen LogP contribution >= 0.6 is 0 Å². The van der Waals surface area contributed by atoms with Gasteiger partial charge in [-0.2, -0.15) is 0 Å². The fourth-order valence-electron chi connectivity index (χ4n) is 2.19. The number of halogens is 1. The van der Waals surface area contributed by atoms with Crippen LogP contribution in [0.4, 0.5) is 10.1 Å². The van der Waals surface area contributed by atoms with Gasteiger partial charge in [-0.05, 0) is 29.7 Å². The SMILES string of the molecule is Nc1cccc(F)c1Cn1ccc2ccccc21. The van der Waals surface area contributed by atoms with Crippen LogP contribution in [0.15, 0.2) is 54.7 Å². The van der Waals surface area contributed by atoms with Gasteiger partial charge in [0.25, 0.3) is 0 Å². The zero-order valence-corrected chi connectivity index (χ0v) is 9.81. The molecule has 2 N–H and O–H groups in total. The van der Waals surface area contributed by atoms with Gasteiger partial charge in [-0.15, -0.1) is 0 Å². The Morgan fingerprint density at radius 2 is 1.83 bits per heavy atom.